The number of hydrogen-bond acceptors (Lipinski definition) is 3. The first-order chi connectivity index (χ1) is 12.9. The van der Waals surface area contributed by atoms with Gasteiger partial charge in [0.25, 0.3) is 5.56 Å². The van der Waals surface area contributed by atoms with Gasteiger partial charge in [-0.1, -0.05) is 25.1 Å². The van der Waals surface area contributed by atoms with Crippen LogP contribution in [0.5, 0.6) is 5.75 Å². The average Bonchev–Trinajstić information content (AvgIpc) is 2.61. The first-order valence-corrected chi connectivity index (χ1v) is 8.58. The first-order valence-electron chi connectivity index (χ1n) is 8.58. The summed E-state index contributed by atoms with van der Waals surface area (Å²) in [6.45, 7) is 2.95. The van der Waals surface area contributed by atoms with Crippen LogP contribution in [0, 0.1) is 0 Å². The largest absolute Gasteiger partial charge is 0.573 e. The number of halogens is 3. The Bertz CT molecular complexity index is 996. The molecule has 0 saturated carbocycles. The lowest BCUT2D eigenvalue weighted by Crippen LogP contribution is -2.19. The summed E-state index contributed by atoms with van der Waals surface area (Å²) >= 11 is 0. The van der Waals surface area contributed by atoms with Gasteiger partial charge in [-0.05, 0) is 42.3 Å². The number of aryl methyl sites for hydroxylation is 1. The molecule has 0 aliphatic heterocycles. The summed E-state index contributed by atoms with van der Waals surface area (Å²) in [4.78, 5) is 12.5. The van der Waals surface area contributed by atoms with Crippen molar-refractivity contribution in [2.24, 2.45) is 0 Å². The minimum Gasteiger partial charge on any atom is -0.406 e. The fraction of sp³-hybridized carbons (Fsp3) is 0.250. The smallest absolute Gasteiger partial charge is 0.406 e. The molecule has 0 radical (unpaired) electrons. The predicted molar refractivity (Wildman–Crippen MR) is 99.0 cm³/mol. The van der Waals surface area contributed by atoms with Gasteiger partial charge in [-0.3, -0.25) is 4.79 Å². The topological polar surface area (TPSA) is 43.3 Å². The summed E-state index contributed by atoms with van der Waals surface area (Å²) in [7, 11) is 0. The zero-order valence-electron chi connectivity index (χ0n) is 14.7. The summed E-state index contributed by atoms with van der Waals surface area (Å²) in [6.07, 6.45) is -2.10. The van der Waals surface area contributed by atoms with Crippen molar-refractivity contribution in [1.29, 1.82) is 0 Å². The molecule has 0 bridgehead atoms. The van der Waals surface area contributed by atoms with Gasteiger partial charge in [-0.2, -0.15) is 0 Å². The van der Waals surface area contributed by atoms with Gasteiger partial charge in [0.05, 0.1) is 0 Å². The summed E-state index contributed by atoms with van der Waals surface area (Å²) in [6, 6.07) is 13.1. The fourth-order valence-electron chi connectivity index (χ4n) is 2.94. The van der Waals surface area contributed by atoms with E-state index in [4.69, 9.17) is 0 Å². The minimum atomic E-state index is -4.72. The molecule has 3 aromatic rings. The molecule has 142 valence electrons. The highest BCUT2D eigenvalue weighted by Crippen LogP contribution is 2.25. The molecule has 2 aromatic carbocycles. The second-order valence-electron chi connectivity index (χ2n) is 6.13. The van der Waals surface area contributed by atoms with Crippen LogP contribution >= 0.6 is 0 Å². The molecule has 27 heavy (non-hydrogen) atoms. The van der Waals surface area contributed by atoms with E-state index < -0.39 is 6.36 Å². The molecule has 1 heterocycles. The van der Waals surface area contributed by atoms with Crippen molar-refractivity contribution in [3.8, 4) is 5.75 Å². The third-order valence-corrected chi connectivity index (χ3v) is 4.10. The number of aromatic nitrogens is 1. The number of pyridine rings is 1. The Labute approximate surface area is 154 Å². The standard InChI is InChI=1S/C20H19F3N2O2/c1-2-10-25-11-9-16-17(19(25)26)7-4-8-18(16)24-13-14-5-3-6-15(12-14)27-20(21,22)23/h3-9,11-12,24H,2,10,13H2,1H3. The number of hydrogen-bond donors (Lipinski definition) is 1. The van der Waals surface area contributed by atoms with Crippen LogP contribution < -0.4 is 15.6 Å². The van der Waals surface area contributed by atoms with E-state index >= 15 is 0 Å². The van der Waals surface area contributed by atoms with Gasteiger partial charge >= 0.3 is 6.36 Å². The van der Waals surface area contributed by atoms with Crippen molar-refractivity contribution >= 4 is 16.5 Å². The molecule has 0 amide bonds. The summed E-state index contributed by atoms with van der Waals surface area (Å²) in [5.74, 6) is -0.262. The van der Waals surface area contributed by atoms with Crippen molar-refractivity contribution in [2.75, 3.05) is 5.32 Å². The molecule has 0 aliphatic carbocycles. The van der Waals surface area contributed by atoms with Gasteiger partial charge in [0, 0.05) is 35.7 Å². The molecule has 3 rings (SSSR count). The lowest BCUT2D eigenvalue weighted by Gasteiger charge is -2.13. The highest BCUT2D eigenvalue weighted by atomic mass is 19.4. The SMILES string of the molecule is CCCn1ccc2c(NCc3cccc(OC(F)(F)F)c3)cccc2c1=O. The van der Waals surface area contributed by atoms with Crippen molar-refractivity contribution in [3.05, 3.63) is 70.6 Å². The van der Waals surface area contributed by atoms with E-state index in [1.165, 1.54) is 18.2 Å². The van der Waals surface area contributed by atoms with Gasteiger partial charge in [-0.25, -0.2) is 0 Å². The van der Waals surface area contributed by atoms with E-state index in [1.54, 1.807) is 29.0 Å². The monoisotopic (exact) mass is 376 g/mol. The van der Waals surface area contributed by atoms with E-state index in [1.807, 2.05) is 19.1 Å². The summed E-state index contributed by atoms with van der Waals surface area (Å²) in [5, 5.41) is 4.57. The van der Waals surface area contributed by atoms with E-state index in [0.717, 1.165) is 17.5 Å². The highest BCUT2D eigenvalue weighted by Gasteiger charge is 2.31. The predicted octanol–water partition coefficient (Wildman–Crippen LogP) is 4.92. The molecular weight excluding hydrogens is 357 g/mol. The molecule has 0 atom stereocenters. The van der Waals surface area contributed by atoms with Crippen LogP contribution in [-0.2, 0) is 13.1 Å². The van der Waals surface area contributed by atoms with Crippen LogP contribution in [0.3, 0.4) is 0 Å². The molecule has 1 aromatic heterocycles. The highest BCUT2D eigenvalue weighted by molar-refractivity contribution is 5.93. The third kappa shape index (κ3) is 4.61. The zero-order valence-corrected chi connectivity index (χ0v) is 14.7. The molecular formula is C20H19F3N2O2. The normalized spacial score (nSPS) is 11.6. The van der Waals surface area contributed by atoms with Crippen LogP contribution in [0.25, 0.3) is 10.8 Å². The summed E-state index contributed by atoms with van der Waals surface area (Å²) in [5.41, 5.74) is 1.32. The van der Waals surface area contributed by atoms with E-state index in [2.05, 4.69) is 10.1 Å². The molecule has 0 spiro atoms. The van der Waals surface area contributed by atoms with Crippen molar-refractivity contribution in [1.82, 2.24) is 4.57 Å². The Balaban J connectivity index is 1.83. The van der Waals surface area contributed by atoms with Crippen molar-refractivity contribution in [3.63, 3.8) is 0 Å². The number of ether oxygens (including phenoxy) is 1. The maximum absolute atomic E-state index is 12.5. The van der Waals surface area contributed by atoms with Gasteiger partial charge in [0.1, 0.15) is 5.75 Å². The number of anilines is 1. The lowest BCUT2D eigenvalue weighted by atomic mass is 10.1. The Kier molecular flexibility index (Phi) is 5.39. The molecule has 0 aliphatic rings. The van der Waals surface area contributed by atoms with E-state index in [-0.39, 0.29) is 11.3 Å². The van der Waals surface area contributed by atoms with Crippen LogP contribution in [0.4, 0.5) is 18.9 Å². The second kappa shape index (κ2) is 7.73. The van der Waals surface area contributed by atoms with Crippen molar-refractivity contribution in [2.45, 2.75) is 32.8 Å². The second-order valence-corrected chi connectivity index (χ2v) is 6.13. The molecule has 0 unspecified atom stereocenters. The average molecular weight is 376 g/mol. The van der Waals surface area contributed by atoms with E-state index in [0.29, 0.717) is 24.0 Å². The maximum atomic E-state index is 12.5. The maximum Gasteiger partial charge on any atom is 0.573 e. The Hall–Kier alpha value is -2.96. The molecule has 7 heteroatoms. The Morgan fingerprint density at radius 2 is 1.85 bits per heavy atom. The Morgan fingerprint density at radius 3 is 2.59 bits per heavy atom. The van der Waals surface area contributed by atoms with Gasteiger partial charge in [0.15, 0.2) is 0 Å². The van der Waals surface area contributed by atoms with Gasteiger partial charge in [-0.15, -0.1) is 13.2 Å². The number of nitrogens with zero attached hydrogens (tertiary/aromatic N) is 1. The minimum absolute atomic E-state index is 0.0569. The fourth-order valence-corrected chi connectivity index (χ4v) is 2.94. The summed E-state index contributed by atoms with van der Waals surface area (Å²) < 4.78 is 42.7. The van der Waals surface area contributed by atoms with Gasteiger partial charge < -0.3 is 14.6 Å². The quantitative estimate of drug-likeness (QED) is 0.664. The molecule has 0 saturated heterocycles. The lowest BCUT2D eigenvalue weighted by molar-refractivity contribution is -0.274. The zero-order chi connectivity index (χ0) is 19.4. The number of rotatable bonds is 6. The van der Waals surface area contributed by atoms with Crippen molar-refractivity contribution < 1.29 is 17.9 Å². The Morgan fingerprint density at radius 1 is 1.07 bits per heavy atom. The molecule has 0 fully saturated rings. The first kappa shape index (κ1) is 18.8. The van der Waals surface area contributed by atoms with E-state index in [9.17, 15) is 18.0 Å². The number of benzene rings is 2. The van der Waals surface area contributed by atoms with Crippen LogP contribution in [0.1, 0.15) is 18.9 Å². The molecule has 4 nitrogen and oxygen atoms in total. The van der Waals surface area contributed by atoms with Crippen LogP contribution in [0.2, 0.25) is 0 Å². The number of alkyl halides is 3. The molecule has 1 N–H and O–H groups in total. The number of fused-ring (bicyclic) bond motifs is 1. The van der Waals surface area contributed by atoms with Crippen LogP contribution in [0.15, 0.2) is 59.5 Å². The van der Waals surface area contributed by atoms with Crippen LogP contribution in [-0.4, -0.2) is 10.9 Å². The van der Waals surface area contributed by atoms with Gasteiger partial charge in [0.2, 0.25) is 0 Å². The third-order valence-electron chi connectivity index (χ3n) is 4.10. The number of nitrogens with one attached hydrogen (secondary N) is 1.